The quantitative estimate of drug-likeness (QED) is 0.163. The first kappa shape index (κ1) is 40.9. The van der Waals surface area contributed by atoms with E-state index in [1.807, 2.05) is 6.20 Å². The van der Waals surface area contributed by atoms with E-state index >= 15 is 0 Å². The SMILES string of the molecule is c1ccc(N2c3cc4c(cc3B3c5ccccc5Oc5cccc2c53)B2c3cc5c(cc3N(c3ccccc3)c3nccc(c32)N4c2ccccc2)N(c2ccccc2)c2cccc3c2B5c2ccccc2O3)cc1. The number of aromatic nitrogens is 1. The van der Waals surface area contributed by atoms with Gasteiger partial charge in [-0.2, -0.15) is 0 Å². The van der Waals surface area contributed by atoms with E-state index < -0.39 is 0 Å². The minimum atomic E-state index is -0.224. The Balaban J connectivity index is 1.00. The Bertz CT molecular complexity index is 3940. The first-order chi connectivity index (χ1) is 37.2. The number of hydrogen-bond acceptors (Lipinski definition) is 7. The summed E-state index contributed by atoms with van der Waals surface area (Å²) in [7, 11) is 0. The lowest BCUT2D eigenvalue weighted by Crippen LogP contribution is -2.66. The summed E-state index contributed by atoms with van der Waals surface area (Å²) in [4.78, 5) is 15.3. The van der Waals surface area contributed by atoms with Gasteiger partial charge in [-0.05, 0) is 152 Å². The molecule has 7 nitrogen and oxygen atoms in total. The number of fused-ring (bicyclic) bond motifs is 12. The second-order valence-electron chi connectivity index (χ2n) is 20.1. The van der Waals surface area contributed by atoms with Crippen molar-refractivity contribution in [2.45, 2.75) is 0 Å². The lowest BCUT2D eigenvalue weighted by molar-refractivity contribution is 0.487. The van der Waals surface area contributed by atoms with E-state index in [0.29, 0.717) is 0 Å². The minimum absolute atomic E-state index is 0.0955. The van der Waals surface area contributed by atoms with Gasteiger partial charge in [-0.1, -0.05) is 133 Å². The van der Waals surface area contributed by atoms with Crippen LogP contribution >= 0.6 is 0 Å². The number of para-hydroxylation sites is 6. The van der Waals surface area contributed by atoms with Gasteiger partial charge in [-0.3, -0.25) is 4.90 Å². The highest BCUT2D eigenvalue weighted by molar-refractivity contribution is 7.04. The van der Waals surface area contributed by atoms with Crippen LogP contribution in [-0.4, -0.2) is 25.1 Å². The fourth-order valence-electron chi connectivity index (χ4n) is 13.4. The van der Waals surface area contributed by atoms with Crippen molar-refractivity contribution in [3.8, 4) is 23.0 Å². The summed E-state index contributed by atoms with van der Waals surface area (Å²) in [6.07, 6.45) is 2.00. The number of ether oxygens (including phenoxy) is 2. The molecule has 0 fully saturated rings. The molecule has 10 aromatic carbocycles. The molecule has 75 heavy (non-hydrogen) atoms. The molecule has 0 unspecified atom stereocenters. The predicted molar refractivity (Wildman–Crippen MR) is 310 cm³/mol. The fourth-order valence-corrected chi connectivity index (χ4v) is 13.4. The highest BCUT2D eigenvalue weighted by atomic mass is 16.5. The van der Waals surface area contributed by atoms with Gasteiger partial charge in [-0.15, -0.1) is 0 Å². The van der Waals surface area contributed by atoms with Crippen LogP contribution in [0.3, 0.4) is 0 Å². The third kappa shape index (κ3) is 5.65. The first-order valence-corrected chi connectivity index (χ1v) is 25.8. The summed E-state index contributed by atoms with van der Waals surface area (Å²) in [5.74, 6) is 4.46. The Labute approximate surface area is 435 Å². The molecule has 346 valence electrons. The molecule has 11 aromatic rings. The Morgan fingerprint density at radius 2 is 0.613 bits per heavy atom. The zero-order valence-corrected chi connectivity index (χ0v) is 40.4. The molecule has 7 heterocycles. The normalized spacial score (nSPS) is 14.2. The predicted octanol–water partition coefficient (Wildman–Crippen LogP) is 9.97. The van der Waals surface area contributed by atoms with E-state index in [1.54, 1.807) is 0 Å². The van der Waals surface area contributed by atoms with Crippen LogP contribution in [-0.2, 0) is 0 Å². The van der Waals surface area contributed by atoms with Crippen LogP contribution in [0.5, 0.6) is 23.0 Å². The van der Waals surface area contributed by atoms with Gasteiger partial charge >= 0.3 is 0 Å². The van der Waals surface area contributed by atoms with Crippen LogP contribution in [0.1, 0.15) is 0 Å². The van der Waals surface area contributed by atoms with E-state index in [2.05, 4.69) is 256 Å². The number of pyridine rings is 1. The molecule has 17 rings (SSSR count). The van der Waals surface area contributed by atoms with Crippen molar-refractivity contribution < 1.29 is 9.47 Å². The average molecular weight is 956 g/mol. The molecule has 0 radical (unpaired) electrons. The molecule has 0 saturated carbocycles. The van der Waals surface area contributed by atoms with Gasteiger partial charge in [0, 0.05) is 68.8 Å². The Morgan fingerprint density at radius 3 is 1.05 bits per heavy atom. The van der Waals surface area contributed by atoms with Crippen LogP contribution in [0.15, 0.2) is 243 Å². The molecule has 0 atom stereocenters. The van der Waals surface area contributed by atoms with E-state index in [4.69, 9.17) is 14.5 Å². The first-order valence-electron chi connectivity index (χ1n) is 25.8. The zero-order chi connectivity index (χ0) is 48.9. The number of benzene rings is 10. The lowest BCUT2D eigenvalue weighted by atomic mass is 9.29. The zero-order valence-electron chi connectivity index (χ0n) is 40.4. The summed E-state index contributed by atoms with van der Waals surface area (Å²) in [5.41, 5.74) is 22.8. The minimum Gasteiger partial charge on any atom is -0.458 e. The van der Waals surface area contributed by atoms with Gasteiger partial charge in [0.2, 0.25) is 0 Å². The number of hydrogen-bond donors (Lipinski definition) is 0. The van der Waals surface area contributed by atoms with Crippen LogP contribution in [0.2, 0.25) is 0 Å². The third-order valence-electron chi connectivity index (χ3n) is 16.3. The van der Waals surface area contributed by atoms with Crippen LogP contribution in [0, 0.1) is 0 Å². The molecule has 0 N–H and O–H groups in total. The van der Waals surface area contributed by atoms with Crippen molar-refractivity contribution in [1.82, 2.24) is 4.98 Å². The van der Waals surface area contributed by atoms with E-state index in [1.165, 1.54) is 38.2 Å². The van der Waals surface area contributed by atoms with Crippen LogP contribution < -0.4 is 78.2 Å². The van der Waals surface area contributed by atoms with Crippen LogP contribution in [0.4, 0.5) is 68.4 Å². The monoisotopic (exact) mass is 955 g/mol. The number of rotatable bonds is 4. The number of anilines is 12. The Morgan fingerprint density at radius 1 is 0.267 bits per heavy atom. The van der Waals surface area contributed by atoms with E-state index in [0.717, 1.165) is 102 Å². The molecule has 6 aliphatic rings. The molecule has 1 aromatic heterocycles. The third-order valence-corrected chi connectivity index (χ3v) is 16.3. The smallest absolute Gasteiger partial charge is 0.256 e. The summed E-state index contributed by atoms with van der Waals surface area (Å²) in [6.45, 7) is -0.415. The maximum Gasteiger partial charge on any atom is 0.256 e. The second-order valence-corrected chi connectivity index (χ2v) is 20.1. The summed E-state index contributed by atoms with van der Waals surface area (Å²) < 4.78 is 13.7. The van der Waals surface area contributed by atoms with Gasteiger partial charge < -0.3 is 24.2 Å². The summed E-state index contributed by atoms with van der Waals surface area (Å²) in [6, 6.07) is 85.8. The fraction of sp³-hybridized carbons (Fsp3) is 0. The van der Waals surface area contributed by atoms with Gasteiger partial charge in [0.05, 0.1) is 0 Å². The van der Waals surface area contributed by atoms with Crippen molar-refractivity contribution >= 4 is 138 Å². The van der Waals surface area contributed by atoms with Crippen molar-refractivity contribution in [3.63, 3.8) is 0 Å². The molecule has 0 aliphatic carbocycles. The van der Waals surface area contributed by atoms with Crippen molar-refractivity contribution in [3.05, 3.63) is 243 Å². The maximum absolute atomic E-state index is 6.84. The molecule has 0 saturated heterocycles. The highest BCUT2D eigenvalue weighted by Gasteiger charge is 2.50. The molecular formula is C65H40B3N5O2. The van der Waals surface area contributed by atoms with E-state index in [9.17, 15) is 0 Å². The van der Waals surface area contributed by atoms with E-state index in [-0.39, 0.29) is 20.1 Å². The van der Waals surface area contributed by atoms with Crippen molar-refractivity contribution in [2.75, 3.05) is 19.6 Å². The molecule has 6 aliphatic heterocycles. The molecule has 10 heteroatoms. The molecule has 0 bridgehead atoms. The van der Waals surface area contributed by atoms with Crippen LogP contribution in [0.25, 0.3) is 0 Å². The highest BCUT2D eigenvalue weighted by Crippen LogP contribution is 2.49. The largest absolute Gasteiger partial charge is 0.458 e. The van der Waals surface area contributed by atoms with Gasteiger partial charge in [0.25, 0.3) is 20.1 Å². The molecule has 0 amide bonds. The van der Waals surface area contributed by atoms with Gasteiger partial charge in [-0.25, -0.2) is 4.98 Å². The molecular weight excluding hydrogens is 915 g/mol. The van der Waals surface area contributed by atoms with Crippen molar-refractivity contribution in [1.29, 1.82) is 0 Å². The lowest BCUT2D eigenvalue weighted by Gasteiger charge is -2.46. The van der Waals surface area contributed by atoms with Crippen molar-refractivity contribution in [2.24, 2.45) is 0 Å². The topological polar surface area (TPSA) is 44.3 Å². The Kier molecular flexibility index (Phi) is 8.41. The maximum atomic E-state index is 6.84. The van der Waals surface area contributed by atoms with Gasteiger partial charge in [0.1, 0.15) is 28.8 Å². The van der Waals surface area contributed by atoms with Gasteiger partial charge in [0.15, 0.2) is 0 Å². The summed E-state index contributed by atoms with van der Waals surface area (Å²) in [5, 5.41) is 0. The summed E-state index contributed by atoms with van der Waals surface area (Å²) >= 11 is 0. The standard InChI is InChI=1S/C65H40B3N5O2/c1-5-19-41(20-6-1)70-51-29-17-33-60-62(51)66(45-27-13-15-31-58(45)74-60)47-37-49-55(39-54(47)70)72(43-23-9-3-10-24-43)53-35-36-69-65-64(53)68(49)50-38-48-56(40-57(50)73(65)44-25-11-4-12-26-44)71(42-21-7-2-8-22-42)52-30-18-34-61-63(52)67(48)46-28-14-16-32-59(46)75-61/h1-40H. The Hall–Kier alpha value is -9.66. The average Bonchev–Trinajstić information content (AvgIpc) is 3.47. The second kappa shape index (κ2) is 15.4. The number of nitrogens with zero attached hydrogens (tertiary/aromatic N) is 5. The molecule has 0 spiro atoms.